The van der Waals surface area contributed by atoms with E-state index in [1.807, 2.05) is 64.1 Å². The molecule has 1 aliphatic carbocycles. The maximum Gasteiger partial charge on any atom is 0.336 e. The van der Waals surface area contributed by atoms with Gasteiger partial charge in [0.15, 0.2) is 11.5 Å². The number of carbonyl (C=O) groups is 2. The number of esters is 1. The number of carbonyl (C=O) groups excluding carboxylic acids is 2. The molecule has 1 saturated carbocycles. The molecule has 0 saturated heterocycles. The maximum absolute atomic E-state index is 13.7. The Hall–Kier alpha value is -3.41. The fraction of sp³-hybridized carbons (Fsp3) is 0.414. The maximum atomic E-state index is 13.7. The van der Waals surface area contributed by atoms with Crippen LogP contribution in [0.3, 0.4) is 0 Å². The monoisotopic (exact) mass is 475 g/mol. The van der Waals surface area contributed by atoms with Gasteiger partial charge in [-0.15, -0.1) is 0 Å². The molecule has 3 atom stereocenters. The van der Waals surface area contributed by atoms with Crippen molar-refractivity contribution in [1.29, 1.82) is 0 Å². The van der Waals surface area contributed by atoms with Crippen molar-refractivity contribution in [3.63, 3.8) is 0 Å². The molecule has 0 aromatic heterocycles. The molecule has 0 radical (unpaired) electrons. The van der Waals surface area contributed by atoms with Crippen molar-refractivity contribution in [3.05, 3.63) is 70.9 Å². The number of benzene rings is 2. The van der Waals surface area contributed by atoms with E-state index in [0.29, 0.717) is 42.2 Å². The largest absolute Gasteiger partial charge is 0.493 e. The van der Waals surface area contributed by atoms with Crippen molar-refractivity contribution in [2.45, 2.75) is 58.5 Å². The minimum Gasteiger partial charge on any atom is -0.493 e. The van der Waals surface area contributed by atoms with Gasteiger partial charge in [-0.05, 0) is 63.3 Å². The summed E-state index contributed by atoms with van der Waals surface area (Å²) in [5.41, 5.74) is 3.80. The van der Waals surface area contributed by atoms with Gasteiger partial charge in [-0.2, -0.15) is 0 Å². The van der Waals surface area contributed by atoms with Crippen LogP contribution in [-0.2, 0) is 14.3 Å². The fourth-order valence-corrected chi connectivity index (χ4v) is 5.19. The summed E-state index contributed by atoms with van der Waals surface area (Å²) < 4.78 is 16.9. The van der Waals surface area contributed by atoms with Gasteiger partial charge in [-0.3, -0.25) is 9.79 Å². The third-order valence-electron chi connectivity index (χ3n) is 6.63. The highest BCUT2D eigenvalue weighted by atomic mass is 16.5. The van der Waals surface area contributed by atoms with E-state index in [1.54, 1.807) is 7.11 Å². The lowest BCUT2D eigenvalue weighted by Gasteiger charge is -2.38. The Morgan fingerprint density at radius 2 is 1.77 bits per heavy atom. The van der Waals surface area contributed by atoms with Crippen LogP contribution in [-0.4, -0.2) is 37.3 Å². The van der Waals surface area contributed by atoms with E-state index in [9.17, 15) is 9.59 Å². The molecule has 0 spiro atoms. The van der Waals surface area contributed by atoms with Gasteiger partial charge in [0.25, 0.3) is 0 Å². The summed E-state index contributed by atoms with van der Waals surface area (Å²) in [5.74, 6) is -0.104. The second kappa shape index (κ2) is 10.5. The van der Waals surface area contributed by atoms with Gasteiger partial charge in [0.05, 0.1) is 31.3 Å². The lowest BCUT2D eigenvalue weighted by Crippen LogP contribution is -2.41. The quantitative estimate of drug-likeness (QED) is 0.486. The number of ketones is 1. The number of methoxy groups -OCH3 is 1. The normalized spacial score (nSPS) is 21.9. The van der Waals surface area contributed by atoms with Crippen molar-refractivity contribution in [2.75, 3.05) is 13.7 Å². The molecular weight excluding hydrogens is 442 g/mol. The summed E-state index contributed by atoms with van der Waals surface area (Å²) in [4.78, 5) is 31.8. The molecule has 2 aliphatic rings. The van der Waals surface area contributed by atoms with E-state index in [0.717, 1.165) is 16.8 Å². The second-order valence-electron chi connectivity index (χ2n) is 9.34. The number of Topliss-reactive ketones (excluding diaryl/α,β-unsaturated/α-hetero) is 1. The van der Waals surface area contributed by atoms with Crippen molar-refractivity contribution in [1.82, 2.24) is 0 Å². The highest BCUT2D eigenvalue weighted by molar-refractivity contribution is 6.12. The average Bonchev–Trinajstić information content (AvgIpc) is 2.83. The first-order valence-electron chi connectivity index (χ1n) is 12.2. The number of hydrogen-bond acceptors (Lipinski definition) is 6. The first-order valence-corrected chi connectivity index (χ1v) is 12.2. The number of aliphatic imine (C=N–C) groups is 1. The molecule has 0 amide bonds. The predicted octanol–water partition coefficient (Wildman–Crippen LogP) is 5.62. The van der Waals surface area contributed by atoms with Crippen LogP contribution in [0.1, 0.15) is 63.5 Å². The molecule has 6 heteroatoms. The van der Waals surface area contributed by atoms with Crippen molar-refractivity contribution in [3.8, 4) is 11.5 Å². The Bertz CT molecular complexity index is 1160. The highest BCUT2D eigenvalue weighted by Crippen LogP contribution is 2.47. The van der Waals surface area contributed by atoms with Gasteiger partial charge >= 0.3 is 5.97 Å². The minimum atomic E-state index is -0.518. The van der Waals surface area contributed by atoms with E-state index < -0.39 is 17.8 Å². The number of nitrogens with zero attached hydrogens (tertiary/aromatic N) is 1. The van der Waals surface area contributed by atoms with E-state index in [2.05, 4.69) is 12.1 Å². The van der Waals surface area contributed by atoms with Crippen LogP contribution in [0.15, 0.2) is 64.8 Å². The third-order valence-corrected chi connectivity index (χ3v) is 6.63. The molecule has 1 unspecified atom stereocenters. The SMILES string of the molecule is CCOc1ccc([C@@H]2C(C(=O)OC(C)C)=C(C)N=C3C[C@H](c4ccccc4)CC(=O)C32)cc1OC. The molecule has 2 aromatic rings. The van der Waals surface area contributed by atoms with Crippen LogP contribution in [0.2, 0.25) is 0 Å². The second-order valence-corrected chi connectivity index (χ2v) is 9.34. The Morgan fingerprint density at radius 1 is 1.03 bits per heavy atom. The lowest BCUT2D eigenvalue weighted by molar-refractivity contribution is -0.143. The Kier molecular flexibility index (Phi) is 7.39. The Balaban J connectivity index is 1.81. The lowest BCUT2D eigenvalue weighted by atomic mass is 9.66. The number of allylic oxidation sites excluding steroid dienone is 1. The molecule has 6 nitrogen and oxygen atoms in total. The number of ether oxygens (including phenoxy) is 3. The Labute approximate surface area is 207 Å². The zero-order valence-electron chi connectivity index (χ0n) is 21.0. The molecule has 4 rings (SSSR count). The summed E-state index contributed by atoms with van der Waals surface area (Å²) in [7, 11) is 1.58. The summed E-state index contributed by atoms with van der Waals surface area (Å²) in [6.45, 7) is 7.87. The average molecular weight is 476 g/mol. The molecule has 1 heterocycles. The molecule has 1 fully saturated rings. The summed E-state index contributed by atoms with van der Waals surface area (Å²) in [5, 5.41) is 0. The first kappa shape index (κ1) is 24.7. The van der Waals surface area contributed by atoms with Gasteiger partial charge in [0.2, 0.25) is 0 Å². The minimum absolute atomic E-state index is 0.0752. The molecular formula is C29H33NO5. The van der Waals surface area contributed by atoms with Crippen LogP contribution >= 0.6 is 0 Å². The first-order chi connectivity index (χ1) is 16.8. The highest BCUT2D eigenvalue weighted by Gasteiger charge is 2.46. The van der Waals surface area contributed by atoms with Crippen LogP contribution < -0.4 is 9.47 Å². The summed E-state index contributed by atoms with van der Waals surface area (Å²) >= 11 is 0. The van der Waals surface area contributed by atoms with E-state index in [1.165, 1.54) is 0 Å². The standard InChI is InChI=1S/C29H33NO5/c1-6-34-24-13-12-20(16-25(24)33-5)27-26(29(32)35-17(2)3)18(4)30-22-14-21(15-23(31)28(22)27)19-10-8-7-9-11-19/h7-13,16-17,21,27-28H,6,14-15H2,1-5H3/t21-,27+,28?/m0/s1. The van der Waals surface area contributed by atoms with Crippen LogP contribution in [0, 0.1) is 5.92 Å². The number of fused-ring (bicyclic) bond motifs is 1. The topological polar surface area (TPSA) is 74.2 Å². The fourth-order valence-electron chi connectivity index (χ4n) is 5.19. The predicted molar refractivity (Wildman–Crippen MR) is 135 cm³/mol. The number of hydrogen-bond donors (Lipinski definition) is 0. The van der Waals surface area contributed by atoms with E-state index in [4.69, 9.17) is 19.2 Å². The van der Waals surface area contributed by atoms with Crippen molar-refractivity contribution < 1.29 is 23.8 Å². The van der Waals surface area contributed by atoms with Gasteiger partial charge in [-0.25, -0.2) is 4.79 Å². The molecule has 0 N–H and O–H groups in total. The zero-order chi connectivity index (χ0) is 25.1. The van der Waals surface area contributed by atoms with Crippen LogP contribution in [0.4, 0.5) is 0 Å². The molecule has 1 aliphatic heterocycles. The van der Waals surface area contributed by atoms with E-state index >= 15 is 0 Å². The van der Waals surface area contributed by atoms with Crippen molar-refractivity contribution in [2.24, 2.45) is 10.9 Å². The van der Waals surface area contributed by atoms with Crippen LogP contribution in [0.25, 0.3) is 0 Å². The smallest absolute Gasteiger partial charge is 0.336 e. The van der Waals surface area contributed by atoms with Crippen molar-refractivity contribution >= 4 is 17.5 Å². The van der Waals surface area contributed by atoms with Crippen LogP contribution in [0.5, 0.6) is 11.5 Å². The Morgan fingerprint density at radius 3 is 2.43 bits per heavy atom. The van der Waals surface area contributed by atoms with Gasteiger partial charge < -0.3 is 14.2 Å². The molecule has 35 heavy (non-hydrogen) atoms. The molecule has 0 bridgehead atoms. The molecule has 2 aromatic carbocycles. The van der Waals surface area contributed by atoms with Gasteiger partial charge in [0, 0.05) is 23.7 Å². The van der Waals surface area contributed by atoms with Gasteiger partial charge in [0.1, 0.15) is 5.78 Å². The summed E-state index contributed by atoms with van der Waals surface area (Å²) in [6, 6.07) is 15.7. The van der Waals surface area contributed by atoms with E-state index in [-0.39, 0.29) is 17.8 Å². The van der Waals surface area contributed by atoms with Gasteiger partial charge in [-0.1, -0.05) is 36.4 Å². The summed E-state index contributed by atoms with van der Waals surface area (Å²) in [6.07, 6.45) is 0.798. The third kappa shape index (κ3) is 5.02. The number of rotatable bonds is 7. The zero-order valence-corrected chi connectivity index (χ0v) is 21.0. The molecule has 184 valence electrons.